The molecule has 0 radical (unpaired) electrons. The third-order valence-corrected chi connectivity index (χ3v) is 5.31. The highest BCUT2D eigenvalue weighted by Crippen LogP contribution is 2.42. The average molecular weight is 401 g/mol. The molecule has 0 fully saturated rings. The maximum absolute atomic E-state index is 6.39. The highest BCUT2D eigenvalue weighted by atomic mass is 35.5. The molecule has 0 aliphatic heterocycles. The number of ether oxygens (including phenoxy) is 1. The molecule has 0 saturated carbocycles. The molecular weight excluding hydrogens is 385 g/mol. The van der Waals surface area contributed by atoms with Gasteiger partial charge in [-0.1, -0.05) is 29.3 Å². The SMILES string of the molecule is COc1ccc(-c2sc(CN)cc2-c2ccc(Cl)cc2Cl)cc1.Cl. The third kappa shape index (κ3) is 3.88. The number of rotatable bonds is 4. The van der Waals surface area contributed by atoms with Gasteiger partial charge < -0.3 is 10.5 Å². The maximum atomic E-state index is 6.39. The van der Waals surface area contributed by atoms with Gasteiger partial charge in [0.05, 0.1) is 7.11 Å². The Hall–Kier alpha value is -1.23. The zero-order valence-electron chi connectivity index (χ0n) is 12.9. The first-order valence-corrected chi connectivity index (χ1v) is 8.62. The quantitative estimate of drug-likeness (QED) is 0.559. The van der Waals surface area contributed by atoms with Crippen molar-refractivity contribution in [1.82, 2.24) is 0 Å². The molecule has 0 bridgehead atoms. The predicted octanol–water partition coefficient (Wildman–Crippen LogP) is 6.28. The van der Waals surface area contributed by atoms with E-state index in [1.165, 1.54) is 0 Å². The topological polar surface area (TPSA) is 35.2 Å². The van der Waals surface area contributed by atoms with E-state index < -0.39 is 0 Å². The zero-order chi connectivity index (χ0) is 16.4. The van der Waals surface area contributed by atoms with E-state index in [0.29, 0.717) is 16.6 Å². The number of methoxy groups -OCH3 is 1. The van der Waals surface area contributed by atoms with Crippen molar-refractivity contribution in [2.45, 2.75) is 6.54 Å². The van der Waals surface area contributed by atoms with Crippen LogP contribution in [-0.4, -0.2) is 7.11 Å². The van der Waals surface area contributed by atoms with Crippen molar-refractivity contribution in [3.8, 4) is 27.3 Å². The molecule has 0 saturated heterocycles. The minimum Gasteiger partial charge on any atom is -0.497 e. The average Bonchev–Trinajstić information content (AvgIpc) is 2.99. The molecule has 24 heavy (non-hydrogen) atoms. The Bertz CT molecular complexity index is 831. The lowest BCUT2D eigenvalue weighted by molar-refractivity contribution is 0.415. The van der Waals surface area contributed by atoms with Crippen molar-refractivity contribution in [3.63, 3.8) is 0 Å². The summed E-state index contributed by atoms with van der Waals surface area (Å²) in [5.74, 6) is 0.829. The molecule has 0 spiro atoms. The monoisotopic (exact) mass is 399 g/mol. The van der Waals surface area contributed by atoms with Crippen LogP contribution in [0.1, 0.15) is 4.88 Å². The van der Waals surface area contributed by atoms with Gasteiger partial charge in [-0.2, -0.15) is 0 Å². The Morgan fingerprint density at radius 2 is 1.71 bits per heavy atom. The van der Waals surface area contributed by atoms with Crippen LogP contribution in [0.3, 0.4) is 0 Å². The van der Waals surface area contributed by atoms with Crippen molar-refractivity contribution in [2.75, 3.05) is 7.11 Å². The van der Waals surface area contributed by atoms with E-state index in [1.807, 2.05) is 36.4 Å². The molecule has 0 aliphatic rings. The van der Waals surface area contributed by atoms with Crippen LogP contribution < -0.4 is 10.5 Å². The van der Waals surface area contributed by atoms with Gasteiger partial charge in [-0.25, -0.2) is 0 Å². The van der Waals surface area contributed by atoms with Crippen molar-refractivity contribution in [1.29, 1.82) is 0 Å². The molecule has 1 aromatic heterocycles. The van der Waals surface area contributed by atoms with Gasteiger partial charge in [0.1, 0.15) is 5.75 Å². The van der Waals surface area contributed by atoms with E-state index in [1.54, 1.807) is 24.5 Å². The molecule has 0 amide bonds. The number of thiophene rings is 1. The Morgan fingerprint density at radius 3 is 2.29 bits per heavy atom. The fourth-order valence-electron chi connectivity index (χ4n) is 2.41. The van der Waals surface area contributed by atoms with E-state index >= 15 is 0 Å². The summed E-state index contributed by atoms with van der Waals surface area (Å²) in [4.78, 5) is 2.24. The molecule has 3 rings (SSSR count). The number of benzene rings is 2. The smallest absolute Gasteiger partial charge is 0.118 e. The Labute approximate surface area is 161 Å². The molecule has 1 heterocycles. The molecule has 126 valence electrons. The summed E-state index contributed by atoms with van der Waals surface area (Å²) in [5, 5.41) is 1.26. The van der Waals surface area contributed by atoms with Crippen molar-refractivity contribution in [3.05, 3.63) is 63.5 Å². The number of nitrogens with two attached hydrogens (primary N) is 1. The van der Waals surface area contributed by atoms with Crippen LogP contribution in [-0.2, 0) is 6.54 Å². The second kappa shape index (κ2) is 8.24. The largest absolute Gasteiger partial charge is 0.497 e. The van der Waals surface area contributed by atoms with Crippen LogP contribution in [0.25, 0.3) is 21.6 Å². The molecule has 2 nitrogen and oxygen atoms in total. The molecule has 0 aliphatic carbocycles. The summed E-state index contributed by atoms with van der Waals surface area (Å²) in [7, 11) is 1.66. The maximum Gasteiger partial charge on any atom is 0.118 e. The second-order valence-electron chi connectivity index (χ2n) is 5.01. The van der Waals surface area contributed by atoms with E-state index in [-0.39, 0.29) is 12.4 Å². The molecule has 3 aromatic rings. The number of hydrogen-bond acceptors (Lipinski definition) is 3. The summed E-state index contributed by atoms with van der Waals surface area (Å²) in [6.07, 6.45) is 0. The van der Waals surface area contributed by atoms with Gasteiger partial charge in [0.25, 0.3) is 0 Å². The van der Waals surface area contributed by atoms with Crippen LogP contribution in [0, 0.1) is 0 Å². The van der Waals surface area contributed by atoms with Gasteiger partial charge in [-0.05, 0) is 48.0 Å². The Kier molecular flexibility index (Phi) is 6.55. The minimum absolute atomic E-state index is 0. The van der Waals surface area contributed by atoms with Crippen molar-refractivity contribution >= 4 is 46.9 Å². The van der Waals surface area contributed by atoms with E-state index in [2.05, 4.69) is 6.07 Å². The summed E-state index contributed by atoms with van der Waals surface area (Å²) < 4.78 is 5.23. The Balaban J connectivity index is 0.00000208. The van der Waals surface area contributed by atoms with Crippen LogP contribution in [0.4, 0.5) is 0 Å². The number of hydrogen-bond donors (Lipinski definition) is 1. The highest BCUT2D eigenvalue weighted by molar-refractivity contribution is 7.16. The van der Waals surface area contributed by atoms with Crippen molar-refractivity contribution < 1.29 is 4.74 Å². The van der Waals surface area contributed by atoms with Crippen LogP contribution in [0.15, 0.2) is 48.5 Å². The Morgan fingerprint density at radius 1 is 1.00 bits per heavy atom. The normalized spacial score (nSPS) is 10.3. The summed E-state index contributed by atoms with van der Waals surface area (Å²) in [6, 6.07) is 15.6. The van der Waals surface area contributed by atoms with Crippen LogP contribution in [0.5, 0.6) is 5.75 Å². The van der Waals surface area contributed by atoms with Crippen LogP contribution in [0.2, 0.25) is 10.0 Å². The van der Waals surface area contributed by atoms with E-state index in [0.717, 1.165) is 32.2 Å². The lowest BCUT2D eigenvalue weighted by Crippen LogP contribution is -1.91. The molecule has 2 aromatic carbocycles. The standard InChI is InChI=1S/C18H15Cl2NOS.ClH/c1-22-13-5-2-11(3-6-13)18-16(9-14(10-21)23-18)15-7-4-12(19)8-17(15)20;/h2-9H,10,21H2,1H3;1H. The van der Waals surface area contributed by atoms with Gasteiger partial charge in [0, 0.05) is 37.5 Å². The molecule has 0 unspecified atom stereocenters. The molecular formula is C18H16Cl3NOS. The van der Waals surface area contributed by atoms with Gasteiger partial charge >= 0.3 is 0 Å². The lowest BCUT2D eigenvalue weighted by Gasteiger charge is -2.08. The molecule has 0 atom stereocenters. The first kappa shape index (κ1) is 19.1. The molecule has 2 N–H and O–H groups in total. The summed E-state index contributed by atoms with van der Waals surface area (Å²) in [6.45, 7) is 0.499. The third-order valence-electron chi connectivity index (χ3n) is 3.56. The van der Waals surface area contributed by atoms with Gasteiger partial charge in [-0.15, -0.1) is 23.7 Å². The van der Waals surface area contributed by atoms with Gasteiger partial charge in [-0.3, -0.25) is 0 Å². The van der Waals surface area contributed by atoms with Gasteiger partial charge in [0.2, 0.25) is 0 Å². The predicted molar refractivity (Wildman–Crippen MR) is 107 cm³/mol. The fraction of sp³-hybridized carbons (Fsp3) is 0.111. The minimum atomic E-state index is 0. The van der Waals surface area contributed by atoms with Gasteiger partial charge in [0.15, 0.2) is 0 Å². The highest BCUT2D eigenvalue weighted by Gasteiger charge is 2.15. The number of halogens is 3. The van der Waals surface area contributed by atoms with Crippen LogP contribution >= 0.6 is 46.9 Å². The fourth-order valence-corrected chi connectivity index (χ4v) is 3.97. The lowest BCUT2D eigenvalue weighted by atomic mass is 10.0. The van der Waals surface area contributed by atoms with Crippen molar-refractivity contribution in [2.24, 2.45) is 5.73 Å². The second-order valence-corrected chi connectivity index (χ2v) is 6.99. The summed E-state index contributed by atoms with van der Waals surface area (Å²) >= 11 is 14.1. The van der Waals surface area contributed by atoms with E-state index in [9.17, 15) is 0 Å². The zero-order valence-corrected chi connectivity index (χ0v) is 16.0. The molecule has 6 heteroatoms. The first-order chi connectivity index (χ1) is 11.1. The summed E-state index contributed by atoms with van der Waals surface area (Å²) in [5.41, 5.74) is 8.97. The first-order valence-electron chi connectivity index (χ1n) is 7.05. The van der Waals surface area contributed by atoms with E-state index in [4.69, 9.17) is 33.7 Å².